The first-order valence-electron chi connectivity index (χ1n) is 5.92. The van der Waals surface area contributed by atoms with E-state index in [9.17, 15) is 9.59 Å². The minimum atomic E-state index is -0.954. The van der Waals surface area contributed by atoms with Gasteiger partial charge in [-0.3, -0.25) is 9.59 Å². The van der Waals surface area contributed by atoms with Crippen molar-refractivity contribution in [1.29, 1.82) is 0 Å². The second-order valence-electron chi connectivity index (χ2n) is 4.44. The molecule has 1 atom stereocenters. The Morgan fingerprint density at radius 2 is 2.12 bits per heavy atom. The van der Waals surface area contributed by atoms with Crippen molar-refractivity contribution in [2.24, 2.45) is 4.99 Å². The minimum Gasteiger partial charge on any atom is -0.481 e. The summed E-state index contributed by atoms with van der Waals surface area (Å²) >= 11 is 1.25. The lowest BCUT2D eigenvalue weighted by molar-refractivity contribution is -0.138. The normalized spacial score (nSPS) is 25.8. The van der Waals surface area contributed by atoms with E-state index in [-0.39, 0.29) is 12.3 Å². The van der Waals surface area contributed by atoms with Gasteiger partial charge in [-0.25, -0.2) is 0 Å². The number of aliphatic imine (C=N–C) groups is 1. The number of carboxylic acid groups (broad SMARTS) is 1. The van der Waals surface area contributed by atoms with Crippen LogP contribution in [0.4, 0.5) is 0 Å². The number of nitrogens with zero attached hydrogens (tertiary/aromatic N) is 1. The zero-order chi connectivity index (χ0) is 12.3. The van der Waals surface area contributed by atoms with Crippen LogP contribution in [0.1, 0.15) is 38.5 Å². The van der Waals surface area contributed by atoms with Crippen molar-refractivity contribution < 1.29 is 14.7 Å². The van der Waals surface area contributed by atoms with Crippen LogP contribution >= 0.6 is 11.8 Å². The van der Waals surface area contributed by atoms with Gasteiger partial charge >= 0.3 is 5.97 Å². The minimum absolute atomic E-state index is 0.150. The number of amides is 1. The van der Waals surface area contributed by atoms with Gasteiger partial charge in [0.1, 0.15) is 5.25 Å². The fourth-order valence-corrected chi connectivity index (χ4v) is 3.19. The third kappa shape index (κ3) is 3.46. The average Bonchev–Trinajstić information content (AvgIpc) is 2.59. The summed E-state index contributed by atoms with van der Waals surface area (Å²) in [6.07, 6.45) is 5.76. The molecule has 2 N–H and O–H groups in total. The number of amidine groups is 1. The molecular weight excluding hydrogens is 240 g/mol. The predicted molar refractivity (Wildman–Crippen MR) is 66.1 cm³/mol. The molecule has 1 aliphatic heterocycles. The molecular formula is C11H16N2O3S. The molecule has 94 valence electrons. The summed E-state index contributed by atoms with van der Waals surface area (Å²) in [7, 11) is 0. The largest absolute Gasteiger partial charge is 0.481 e. The number of rotatable bonds is 3. The van der Waals surface area contributed by atoms with Gasteiger partial charge in [-0.1, -0.05) is 31.0 Å². The fraction of sp³-hybridized carbons (Fsp3) is 0.727. The van der Waals surface area contributed by atoms with Crippen LogP contribution in [0, 0.1) is 0 Å². The number of carbonyl (C=O) groups excluding carboxylic acids is 1. The number of hydrogen-bond acceptors (Lipinski definition) is 4. The molecule has 17 heavy (non-hydrogen) atoms. The molecule has 1 unspecified atom stereocenters. The second kappa shape index (κ2) is 5.53. The van der Waals surface area contributed by atoms with Crippen molar-refractivity contribution in [1.82, 2.24) is 5.32 Å². The van der Waals surface area contributed by atoms with Gasteiger partial charge in [0.15, 0.2) is 5.17 Å². The number of nitrogens with one attached hydrogen (secondary N) is 1. The second-order valence-corrected chi connectivity index (χ2v) is 5.63. The molecule has 0 radical (unpaired) electrons. The number of carboxylic acids is 1. The Bertz CT molecular complexity index is 351. The van der Waals surface area contributed by atoms with Crippen molar-refractivity contribution in [3.05, 3.63) is 0 Å². The Kier molecular flexibility index (Phi) is 4.04. The van der Waals surface area contributed by atoms with Gasteiger partial charge in [0.05, 0.1) is 6.42 Å². The van der Waals surface area contributed by atoms with Gasteiger partial charge in [0, 0.05) is 6.04 Å². The molecule has 0 aromatic carbocycles. The Morgan fingerprint density at radius 1 is 1.41 bits per heavy atom. The molecule has 1 saturated carbocycles. The SMILES string of the molecule is O=C(O)CC1SC(NC2CCCCC2)=NC1=O. The molecule has 2 aliphatic rings. The molecule has 6 heteroatoms. The molecule has 1 amide bonds. The van der Waals surface area contributed by atoms with Crippen molar-refractivity contribution in [2.75, 3.05) is 0 Å². The van der Waals surface area contributed by atoms with E-state index in [2.05, 4.69) is 10.3 Å². The smallest absolute Gasteiger partial charge is 0.305 e. The van der Waals surface area contributed by atoms with Crippen LogP contribution in [0.5, 0.6) is 0 Å². The summed E-state index contributed by atoms with van der Waals surface area (Å²) in [5.41, 5.74) is 0. The quantitative estimate of drug-likeness (QED) is 0.797. The summed E-state index contributed by atoms with van der Waals surface area (Å²) in [6.45, 7) is 0. The Hall–Kier alpha value is -1.04. The molecule has 1 heterocycles. The van der Waals surface area contributed by atoms with E-state index in [1.165, 1.54) is 31.0 Å². The maximum absolute atomic E-state index is 11.5. The number of thioether (sulfide) groups is 1. The highest BCUT2D eigenvalue weighted by Crippen LogP contribution is 2.26. The molecule has 1 aliphatic carbocycles. The lowest BCUT2D eigenvalue weighted by atomic mass is 9.96. The Labute approximate surface area is 104 Å². The Morgan fingerprint density at radius 3 is 2.76 bits per heavy atom. The van der Waals surface area contributed by atoms with Crippen LogP contribution in [0.3, 0.4) is 0 Å². The van der Waals surface area contributed by atoms with E-state index in [4.69, 9.17) is 5.11 Å². The fourth-order valence-electron chi connectivity index (χ4n) is 2.16. The summed E-state index contributed by atoms with van der Waals surface area (Å²) in [4.78, 5) is 25.9. The summed E-state index contributed by atoms with van der Waals surface area (Å²) in [5.74, 6) is -1.28. The molecule has 2 rings (SSSR count). The highest BCUT2D eigenvalue weighted by Gasteiger charge is 2.31. The molecule has 0 saturated heterocycles. The van der Waals surface area contributed by atoms with Gasteiger partial charge in [-0.05, 0) is 12.8 Å². The number of hydrogen-bond donors (Lipinski definition) is 2. The van der Waals surface area contributed by atoms with Crippen LogP contribution in [0.15, 0.2) is 4.99 Å². The van der Waals surface area contributed by atoms with Gasteiger partial charge in [0.2, 0.25) is 0 Å². The topological polar surface area (TPSA) is 78.8 Å². The summed E-state index contributed by atoms with van der Waals surface area (Å²) in [6, 6.07) is 0.395. The number of carbonyl (C=O) groups is 2. The van der Waals surface area contributed by atoms with Crippen LogP contribution in [0.2, 0.25) is 0 Å². The standard InChI is InChI=1S/C11H16N2O3S/c14-9(15)6-8-10(16)13-11(17-8)12-7-4-2-1-3-5-7/h7-8H,1-6H2,(H,14,15)(H,12,13,16). The highest BCUT2D eigenvalue weighted by molar-refractivity contribution is 8.15. The van der Waals surface area contributed by atoms with Gasteiger partial charge < -0.3 is 10.4 Å². The summed E-state index contributed by atoms with van der Waals surface area (Å²) in [5, 5.41) is 12.0. The third-order valence-electron chi connectivity index (χ3n) is 3.03. The summed E-state index contributed by atoms with van der Waals surface area (Å²) < 4.78 is 0. The number of aliphatic carboxylic acids is 1. The van der Waals surface area contributed by atoms with Crippen LogP contribution < -0.4 is 5.32 Å². The van der Waals surface area contributed by atoms with Crippen molar-refractivity contribution in [2.45, 2.75) is 49.8 Å². The van der Waals surface area contributed by atoms with E-state index in [1.54, 1.807) is 0 Å². The molecule has 5 nitrogen and oxygen atoms in total. The first kappa shape index (κ1) is 12.4. The van der Waals surface area contributed by atoms with E-state index in [0.717, 1.165) is 12.8 Å². The van der Waals surface area contributed by atoms with E-state index < -0.39 is 11.2 Å². The van der Waals surface area contributed by atoms with Crippen molar-refractivity contribution in [3.8, 4) is 0 Å². The zero-order valence-corrected chi connectivity index (χ0v) is 10.3. The molecule has 0 bridgehead atoms. The van der Waals surface area contributed by atoms with E-state index in [0.29, 0.717) is 11.2 Å². The zero-order valence-electron chi connectivity index (χ0n) is 9.52. The maximum atomic E-state index is 11.5. The molecule has 1 fully saturated rings. The maximum Gasteiger partial charge on any atom is 0.305 e. The molecule has 0 aromatic rings. The highest BCUT2D eigenvalue weighted by atomic mass is 32.2. The average molecular weight is 256 g/mol. The van der Waals surface area contributed by atoms with Gasteiger partial charge in [-0.2, -0.15) is 4.99 Å². The van der Waals surface area contributed by atoms with E-state index in [1.807, 2.05) is 0 Å². The lowest BCUT2D eigenvalue weighted by Crippen LogP contribution is -2.34. The molecule has 0 spiro atoms. The third-order valence-corrected chi connectivity index (χ3v) is 4.12. The van der Waals surface area contributed by atoms with Crippen molar-refractivity contribution in [3.63, 3.8) is 0 Å². The monoisotopic (exact) mass is 256 g/mol. The predicted octanol–water partition coefficient (Wildman–Crippen LogP) is 1.38. The van der Waals surface area contributed by atoms with Gasteiger partial charge in [-0.15, -0.1) is 0 Å². The van der Waals surface area contributed by atoms with E-state index >= 15 is 0 Å². The molecule has 0 aromatic heterocycles. The first-order valence-corrected chi connectivity index (χ1v) is 6.80. The van der Waals surface area contributed by atoms with Crippen LogP contribution in [-0.2, 0) is 9.59 Å². The Balaban J connectivity index is 1.84. The van der Waals surface area contributed by atoms with Gasteiger partial charge in [0.25, 0.3) is 5.91 Å². The first-order chi connectivity index (χ1) is 8.15. The van der Waals surface area contributed by atoms with Crippen molar-refractivity contribution >= 4 is 28.8 Å². The van der Waals surface area contributed by atoms with Crippen LogP contribution in [-0.4, -0.2) is 33.4 Å². The lowest BCUT2D eigenvalue weighted by Gasteiger charge is -2.23. The van der Waals surface area contributed by atoms with Crippen LogP contribution in [0.25, 0.3) is 0 Å².